The summed E-state index contributed by atoms with van der Waals surface area (Å²) in [5.41, 5.74) is 0.639. The second kappa shape index (κ2) is 8.86. The molecule has 1 aliphatic rings. The topological polar surface area (TPSA) is 46.6 Å². The second-order valence-electron chi connectivity index (χ2n) is 6.80. The zero-order chi connectivity index (χ0) is 17.5. The van der Waals surface area contributed by atoms with Crippen LogP contribution in [-0.4, -0.2) is 36.3 Å². The highest BCUT2D eigenvalue weighted by atomic mass is 16.5. The maximum absolute atomic E-state index is 12.4. The summed E-state index contributed by atoms with van der Waals surface area (Å²) in [6, 6.07) is 7.48. The number of rotatable bonds is 7. The van der Waals surface area contributed by atoms with Crippen molar-refractivity contribution in [1.82, 2.24) is 4.90 Å². The van der Waals surface area contributed by atoms with E-state index in [1.165, 1.54) is 12.8 Å². The van der Waals surface area contributed by atoms with Crippen molar-refractivity contribution in [3.05, 3.63) is 29.8 Å². The molecule has 1 aromatic rings. The zero-order valence-corrected chi connectivity index (χ0v) is 15.1. The van der Waals surface area contributed by atoms with Crippen LogP contribution in [-0.2, 0) is 4.79 Å². The summed E-state index contributed by atoms with van der Waals surface area (Å²) in [5.74, 6) is 1.62. The van der Waals surface area contributed by atoms with Gasteiger partial charge in [0.1, 0.15) is 5.75 Å². The van der Waals surface area contributed by atoms with Crippen molar-refractivity contribution in [1.29, 1.82) is 0 Å². The third kappa shape index (κ3) is 5.08. The van der Waals surface area contributed by atoms with Gasteiger partial charge < -0.3 is 9.64 Å². The maximum atomic E-state index is 12.4. The fourth-order valence-electron chi connectivity index (χ4n) is 3.28. The largest absolute Gasteiger partial charge is 0.494 e. The molecule has 1 fully saturated rings. The predicted octanol–water partition coefficient (Wildman–Crippen LogP) is 4.09. The van der Waals surface area contributed by atoms with Crippen molar-refractivity contribution in [3.8, 4) is 5.75 Å². The van der Waals surface area contributed by atoms with E-state index in [9.17, 15) is 9.59 Å². The van der Waals surface area contributed by atoms with Gasteiger partial charge in [0, 0.05) is 31.5 Å². The Balaban J connectivity index is 1.81. The molecule has 0 aliphatic heterocycles. The third-order valence-corrected chi connectivity index (χ3v) is 4.98. The Morgan fingerprint density at radius 1 is 1.08 bits per heavy atom. The number of amides is 1. The fraction of sp³-hybridized carbons (Fsp3) is 0.600. The molecule has 1 aliphatic carbocycles. The molecule has 0 aromatic heterocycles. The van der Waals surface area contributed by atoms with Crippen molar-refractivity contribution in [2.75, 3.05) is 13.7 Å². The molecular formula is C20H29NO3. The van der Waals surface area contributed by atoms with Crippen LogP contribution in [0.5, 0.6) is 5.75 Å². The summed E-state index contributed by atoms with van der Waals surface area (Å²) in [7, 11) is 1.88. The summed E-state index contributed by atoms with van der Waals surface area (Å²) in [5, 5.41) is 0. The first-order valence-electron chi connectivity index (χ1n) is 9.03. The van der Waals surface area contributed by atoms with E-state index in [2.05, 4.69) is 6.92 Å². The van der Waals surface area contributed by atoms with Gasteiger partial charge >= 0.3 is 0 Å². The van der Waals surface area contributed by atoms with Gasteiger partial charge in [0.05, 0.1) is 6.61 Å². The van der Waals surface area contributed by atoms with E-state index in [1.54, 1.807) is 24.3 Å². The average molecular weight is 331 g/mol. The van der Waals surface area contributed by atoms with E-state index in [0.717, 1.165) is 24.5 Å². The van der Waals surface area contributed by atoms with Gasteiger partial charge in [-0.25, -0.2) is 0 Å². The Bertz CT molecular complexity index is 545. The SMILES string of the molecule is CCOc1ccc(C(=O)CCC(=O)N(C)C2CCC(C)CC2)cc1. The lowest BCUT2D eigenvalue weighted by Crippen LogP contribution is -2.39. The second-order valence-corrected chi connectivity index (χ2v) is 6.80. The molecule has 4 heteroatoms. The Labute approximate surface area is 145 Å². The molecule has 4 nitrogen and oxygen atoms in total. The minimum absolute atomic E-state index is 0.0112. The standard InChI is InChI=1S/C20H29NO3/c1-4-24-18-11-7-16(8-12-18)19(22)13-14-20(23)21(3)17-9-5-15(2)6-10-17/h7-8,11-12,15,17H,4-6,9-10,13-14H2,1-3H3. The van der Waals surface area contributed by atoms with E-state index >= 15 is 0 Å². The van der Waals surface area contributed by atoms with Crippen LogP contribution in [0.15, 0.2) is 24.3 Å². The molecule has 2 rings (SSSR count). The monoisotopic (exact) mass is 331 g/mol. The first kappa shape index (κ1) is 18.5. The highest BCUT2D eigenvalue weighted by Crippen LogP contribution is 2.27. The lowest BCUT2D eigenvalue weighted by Gasteiger charge is -2.33. The van der Waals surface area contributed by atoms with Gasteiger partial charge in [0.25, 0.3) is 0 Å². The molecule has 132 valence electrons. The van der Waals surface area contributed by atoms with E-state index in [0.29, 0.717) is 18.2 Å². The normalized spacial score (nSPS) is 20.5. The van der Waals surface area contributed by atoms with Gasteiger partial charge in [0.2, 0.25) is 5.91 Å². The molecular weight excluding hydrogens is 302 g/mol. The summed E-state index contributed by atoms with van der Waals surface area (Å²) < 4.78 is 5.37. The number of carbonyl (C=O) groups excluding carboxylic acids is 2. The quantitative estimate of drug-likeness (QED) is 0.707. The first-order chi connectivity index (χ1) is 11.5. The highest BCUT2D eigenvalue weighted by Gasteiger charge is 2.24. The summed E-state index contributed by atoms with van der Waals surface area (Å²) in [6.45, 7) is 4.80. The number of benzene rings is 1. The van der Waals surface area contributed by atoms with Crippen LogP contribution in [0.3, 0.4) is 0 Å². The van der Waals surface area contributed by atoms with Gasteiger partial charge in [-0.1, -0.05) is 6.92 Å². The van der Waals surface area contributed by atoms with Crippen LogP contribution < -0.4 is 4.74 Å². The van der Waals surface area contributed by atoms with Gasteiger partial charge in [0.15, 0.2) is 5.78 Å². The number of carbonyl (C=O) groups is 2. The molecule has 1 amide bonds. The molecule has 24 heavy (non-hydrogen) atoms. The zero-order valence-electron chi connectivity index (χ0n) is 15.1. The Hall–Kier alpha value is -1.84. The summed E-state index contributed by atoms with van der Waals surface area (Å²) in [4.78, 5) is 26.5. The summed E-state index contributed by atoms with van der Waals surface area (Å²) in [6.07, 6.45) is 5.09. The minimum atomic E-state index is 0.0112. The van der Waals surface area contributed by atoms with Gasteiger partial charge in [-0.15, -0.1) is 0 Å². The van der Waals surface area contributed by atoms with E-state index in [1.807, 2.05) is 18.9 Å². The average Bonchev–Trinajstić information content (AvgIpc) is 2.60. The van der Waals surface area contributed by atoms with E-state index in [4.69, 9.17) is 4.74 Å². The van der Waals surface area contributed by atoms with Gasteiger partial charge in [-0.05, 0) is 62.8 Å². The summed E-state index contributed by atoms with van der Waals surface area (Å²) >= 11 is 0. The number of ketones is 1. The molecule has 0 saturated heterocycles. The van der Waals surface area contributed by atoms with Crippen LogP contribution in [0.1, 0.15) is 62.7 Å². The lowest BCUT2D eigenvalue weighted by molar-refractivity contribution is -0.132. The molecule has 0 radical (unpaired) electrons. The van der Waals surface area contributed by atoms with Crippen LogP contribution in [0.2, 0.25) is 0 Å². The van der Waals surface area contributed by atoms with Crippen LogP contribution in [0, 0.1) is 5.92 Å². The molecule has 0 spiro atoms. The number of Topliss-reactive ketones (excluding diaryl/α,β-unsaturated/α-hetero) is 1. The number of ether oxygens (including phenoxy) is 1. The molecule has 0 atom stereocenters. The molecule has 1 aromatic carbocycles. The Kier molecular flexibility index (Phi) is 6.83. The minimum Gasteiger partial charge on any atom is -0.494 e. The molecule has 0 bridgehead atoms. The fourth-order valence-corrected chi connectivity index (χ4v) is 3.28. The number of hydrogen-bond donors (Lipinski definition) is 0. The van der Waals surface area contributed by atoms with Crippen LogP contribution in [0.25, 0.3) is 0 Å². The van der Waals surface area contributed by atoms with E-state index in [-0.39, 0.29) is 24.5 Å². The third-order valence-electron chi connectivity index (χ3n) is 4.98. The van der Waals surface area contributed by atoms with E-state index < -0.39 is 0 Å². The highest BCUT2D eigenvalue weighted by molar-refractivity contribution is 5.98. The molecule has 1 saturated carbocycles. The van der Waals surface area contributed by atoms with Gasteiger partial charge in [-0.3, -0.25) is 9.59 Å². The molecule has 0 N–H and O–H groups in total. The van der Waals surface area contributed by atoms with Crippen LogP contribution >= 0.6 is 0 Å². The Morgan fingerprint density at radius 3 is 2.29 bits per heavy atom. The number of hydrogen-bond acceptors (Lipinski definition) is 3. The van der Waals surface area contributed by atoms with Crippen molar-refractivity contribution in [3.63, 3.8) is 0 Å². The smallest absolute Gasteiger partial charge is 0.223 e. The Morgan fingerprint density at radius 2 is 1.71 bits per heavy atom. The number of nitrogens with zero attached hydrogens (tertiary/aromatic N) is 1. The van der Waals surface area contributed by atoms with Crippen molar-refractivity contribution in [2.45, 2.75) is 58.4 Å². The first-order valence-corrected chi connectivity index (χ1v) is 9.03. The van der Waals surface area contributed by atoms with Crippen molar-refractivity contribution < 1.29 is 14.3 Å². The molecule has 0 heterocycles. The predicted molar refractivity (Wildman–Crippen MR) is 95.4 cm³/mol. The van der Waals surface area contributed by atoms with Gasteiger partial charge in [-0.2, -0.15) is 0 Å². The van der Waals surface area contributed by atoms with Crippen molar-refractivity contribution >= 4 is 11.7 Å². The van der Waals surface area contributed by atoms with Crippen molar-refractivity contribution in [2.24, 2.45) is 5.92 Å². The molecule has 0 unspecified atom stereocenters. The lowest BCUT2D eigenvalue weighted by atomic mass is 9.86. The van der Waals surface area contributed by atoms with Crippen LogP contribution in [0.4, 0.5) is 0 Å². The maximum Gasteiger partial charge on any atom is 0.223 e.